The van der Waals surface area contributed by atoms with Gasteiger partial charge in [0.25, 0.3) is 5.91 Å². The fourth-order valence-electron chi connectivity index (χ4n) is 1.80. The maximum absolute atomic E-state index is 13.4. The molecule has 0 bridgehead atoms. The van der Waals surface area contributed by atoms with Crippen molar-refractivity contribution >= 4 is 35.0 Å². The lowest BCUT2D eigenvalue weighted by Gasteiger charge is -2.12. The van der Waals surface area contributed by atoms with Crippen molar-refractivity contribution in [1.82, 2.24) is 5.32 Å². The number of carbonyl (C=O) groups excluding carboxylic acids is 2. The van der Waals surface area contributed by atoms with Crippen molar-refractivity contribution in [2.45, 2.75) is 17.9 Å². The molecule has 0 aliphatic rings. The van der Waals surface area contributed by atoms with Gasteiger partial charge in [-0.05, 0) is 36.6 Å². The SMILES string of the molecule is C[C@@H](NC(=O)COC(=O)CSc1cc(F)ccc1F)c1cccs1. The van der Waals surface area contributed by atoms with E-state index in [1.807, 2.05) is 24.4 Å². The van der Waals surface area contributed by atoms with E-state index in [0.29, 0.717) is 0 Å². The number of esters is 1. The standard InChI is InChI=1S/C16H15F2NO3S2/c1-10(13-3-2-6-23-13)19-15(20)8-22-16(21)9-24-14-7-11(17)4-5-12(14)18/h2-7,10H,8-9H2,1H3,(H,19,20)/t10-/m1/s1. The summed E-state index contributed by atoms with van der Waals surface area (Å²) in [6.07, 6.45) is 0. The third-order valence-corrected chi connectivity index (χ3v) is 5.01. The molecule has 0 fully saturated rings. The van der Waals surface area contributed by atoms with Crippen LogP contribution < -0.4 is 5.32 Å². The van der Waals surface area contributed by atoms with Gasteiger partial charge in [-0.25, -0.2) is 8.78 Å². The number of hydrogen-bond donors (Lipinski definition) is 1. The minimum absolute atomic E-state index is 0.0164. The van der Waals surface area contributed by atoms with Gasteiger partial charge in [-0.1, -0.05) is 6.07 Å². The van der Waals surface area contributed by atoms with Gasteiger partial charge in [0.05, 0.1) is 11.8 Å². The van der Waals surface area contributed by atoms with E-state index in [4.69, 9.17) is 4.74 Å². The zero-order valence-corrected chi connectivity index (χ0v) is 14.4. The van der Waals surface area contributed by atoms with Crippen LogP contribution in [0.2, 0.25) is 0 Å². The molecule has 1 aromatic heterocycles. The van der Waals surface area contributed by atoms with Gasteiger partial charge < -0.3 is 10.1 Å². The van der Waals surface area contributed by atoms with E-state index in [0.717, 1.165) is 34.8 Å². The number of thiophene rings is 1. The van der Waals surface area contributed by atoms with E-state index in [9.17, 15) is 18.4 Å². The van der Waals surface area contributed by atoms with E-state index in [1.165, 1.54) is 11.3 Å². The Balaban J connectivity index is 1.72. The Hall–Kier alpha value is -1.93. The average Bonchev–Trinajstić information content (AvgIpc) is 3.08. The van der Waals surface area contributed by atoms with Crippen LogP contribution in [0.5, 0.6) is 0 Å². The van der Waals surface area contributed by atoms with Gasteiger partial charge in [0.15, 0.2) is 6.61 Å². The molecule has 8 heteroatoms. The van der Waals surface area contributed by atoms with Crippen molar-refractivity contribution in [2.24, 2.45) is 0 Å². The fourth-order valence-corrected chi connectivity index (χ4v) is 3.30. The Bertz CT molecular complexity index is 707. The Labute approximate surface area is 146 Å². The second-order valence-electron chi connectivity index (χ2n) is 4.83. The predicted octanol–water partition coefficient (Wildman–Crippen LogP) is 3.54. The summed E-state index contributed by atoms with van der Waals surface area (Å²) in [7, 11) is 0. The summed E-state index contributed by atoms with van der Waals surface area (Å²) in [6.45, 7) is 1.41. The molecule has 0 radical (unpaired) electrons. The highest BCUT2D eigenvalue weighted by atomic mass is 32.2. The first-order chi connectivity index (χ1) is 11.5. The van der Waals surface area contributed by atoms with Crippen LogP contribution in [0.3, 0.4) is 0 Å². The Morgan fingerprint density at radius 1 is 1.33 bits per heavy atom. The van der Waals surface area contributed by atoms with Crippen LogP contribution >= 0.6 is 23.1 Å². The maximum Gasteiger partial charge on any atom is 0.316 e. The molecule has 1 aromatic carbocycles. The largest absolute Gasteiger partial charge is 0.455 e. The van der Waals surface area contributed by atoms with Crippen molar-refractivity contribution in [2.75, 3.05) is 12.4 Å². The van der Waals surface area contributed by atoms with Crippen LogP contribution in [0, 0.1) is 11.6 Å². The Morgan fingerprint density at radius 2 is 2.12 bits per heavy atom. The van der Waals surface area contributed by atoms with Gasteiger partial charge >= 0.3 is 5.97 Å². The zero-order valence-electron chi connectivity index (χ0n) is 12.8. The van der Waals surface area contributed by atoms with Crippen LogP contribution in [0.25, 0.3) is 0 Å². The first kappa shape index (κ1) is 18.4. The normalized spacial score (nSPS) is 11.8. The third kappa shape index (κ3) is 5.61. The van der Waals surface area contributed by atoms with Crippen LogP contribution in [0.4, 0.5) is 8.78 Å². The highest BCUT2D eigenvalue weighted by Crippen LogP contribution is 2.22. The van der Waals surface area contributed by atoms with Gasteiger partial charge in [0.2, 0.25) is 0 Å². The van der Waals surface area contributed by atoms with Crippen molar-refractivity contribution in [3.05, 3.63) is 52.2 Å². The second-order valence-corrected chi connectivity index (χ2v) is 6.83. The summed E-state index contributed by atoms with van der Waals surface area (Å²) in [5.74, 6) is -2.52. The minimum atomic E-state index is -0.678. The average molecular weight is 371 g/mol. The molecule has 1 N–H and O–H groups in total. The molecule has 0 unspecified atom stereocenters. The van der Waals surface area contributed by atoms with Gasteiger partial charge in [0.1, 0.15) is 11.6 Å². The monoisotopic (exact) mass is 371 g/mol. The van der Waals surface area contributed by atoms with E-state index in [-0.39, 0.29) is 16.7 Å². The maximum atomic E-state index is 13.4. The highest BCUT2D eigenvalue weighted by molar-refractivity contribution is 8.00. The summed E-state index contributed by atoms with van der Waals surface area (Å²) in [6, 6.07) is 6.59. The molecule has 0 saturated heterocycles. The van der Waals surface area contributed by atoms with Gasteiger partial charge in [-0.2, -0.15) is 0 Å². The summed E-state index contributed by atoms with van der Waals surface area (Å²) >= 11 is 2.33. The number of amides is 1. The molecule has 2 rings (SSSR count). The molecule has 0 saturated carbocycles. The molecule has 2 aromatic rings. The zero-order chi connectivity index (χ0) is 17.5. The summed E-state index contributed by atoms with van der Waals surface area (Å²) < 4.78 is 31.3. The molecule has 4 nitrogen and oxygen atoms in total. The summed E-state index contributed by atoms with van der Waals surface area (Å²) in [5.41, 5.74) is 0. The first-order valence-corrected chi connectivity index (χ1v) is 8.88. The van der Waals surface area contributed by atoms with Gasteiger partial charge in [0, 0.05) is 9.77 Å². The number of ether oxygens (including phenoxy) is 1. The molecule has 0 aliphatic carbocycles. The van der Waals surface area contributed by atoms with Crippen LogP contribution in [0.1, 0.15) is 17.8 Å². The quantitative estimate of drug-likeness (QED) is 0.597. The van der Waals surface area contributed by atoms with Crippen molar-refractivity contribution in [3.8, 4) is 0 Å². The van der Waals surface area contributed by atoms with E-state index in [1.54, 1.807) is 0 Å². The summed E-state index contributed by atoms with van der Waals surface area (Å²) in [5, 5.41) is 4.61. The molecule has 1 amide bonds. The number of rotatable bonds is 7. The van der Waals surface area contributed by atoms with E-state index < -0.39 is 30.1 Å². The third-order valence-electron chi connectivity index (χ3n) is 2.95. The van der Waals surface area contributed by atoms with Crippen molar-refractivity contribution < 1.29 is 23.1 Å². The van der Waals surface area contributed by atoms with Crippen LogP contribution in [-0.4, -0.2) is 24.2 Å². The smallest absolute Gasteiger partial charge is 0.316 e. The summed E-state index contributed by atoms with van der Waals surface area (Å²) in [4.78, 5) is 24.3. The predicted molar refractivity (Wildman–Crippen MR) is 88.9 cm³/mol. The Morgan fingerprint density at radius 3 is 2.83 bits per heavy atom. The first-order valence-electron chi connectivity index (χ1n) is 7.02. The number of thioether (sulfide) groups is 1. The van der Waals surface area contributed by atoms with Gasteiger partial charge in [-0.15, -0.1) is 23.1 Å². The topological polar surface area (TPSA) is 55.4 Å². The molecule has 1 atom stereocenters. The lowest BCUT2D eigenvalue weighted by Crippen LogP contribution is -2.31. The van der Waals surface area contributed by atoms with Gasteiger partial charge in [-0.3, -0.25) is 9.59 Å². The molecule has 0 aliphatic heterocycles. The van der Waals surface area contributed by atoms with E-state index >= 15 is 0 Å². The highest BCUT2D eigenvalue weighted by Gasteiger charge is 2.13. The number of nitrogens with one attached hydrogen (secondary N) is 1. The molecular formula is C16H15F2NO3S2. The number of carbonyl (C=O) groups is 2. The molecule has 128 valence electrons. The van der Waals surface area contributed by atoms with Crippen LogP contribution in [0.15, 0.2) is 40.6 Å². The van der Waals surface area contributed by atoms with Crippen molar-refractivity contribution in [1.29, 1.82) is 0 Å². The molecule has 0 spiro atoms. The lowest BCUT2D eigenvalue weighted by atomic mass is 10.3. The molecular weight excluding hydrogens is 356 g/mol. The number of hydrogen-bond acceptors (Lipinski definition) is 5. The lowest BCUT2D eigenvalue weighted by molar-refractivity contribution is -0.146. The second kappa shape index (κ2) is 8.79. The molecule has 24 heavy (non-hydrogen) atoms. The van der Waals surface area contributed by atoms with E-state index in [2.05, 4.69) is 5.32 Å². The molecule has 1 heterocycles. The van der Waals surface area contributed by atoms with Crippen molar-refractivity contribution in [3.63, 3.8) is 0 Å². The number of benzene rings is 1. The van der Waals surface area contributed by atoms with Crippen LogP contribution in [-0.2, 0) is 14.3 Å². The Kier molecular flexibility index (Phi) is 6.74. The fraction of sp³-hybridized carbons (Fsp3) is 0.250. The minimum Gasteiger partial charge on any atom is -0.455 e. The number of halogens is 2.